The zero-order valence-electron chi connectivity index (χ0n) is 8.20. The molecule has 1 atom stereocenters. The minimum Gasteiger partial charge on any atom is -0.481 e. The van der Waals surface area contributed by atoms with Crippen LogP contribution in [-0.4, -0.2) is 11.1 Å². The van der Waals surface area contributed by atoms with Crippen LogP contribution in [0.15, 0.2) is 24.3 Å². The van der Waals surface area contributed by atoms with Gasteiger partial charge in [-0.05, 0) is 47.2 Å². The van der Waals surface area contributed by atoms with Crippen LogP contribution in [0.25, 0.3) is 0 Å². The predicted molar refractivity (Wildman–Crippen MR) is 64.4 cm³/mol. The van der Waals surface area contributed by atoms with E-state index in [2.05, 4.69) is 22.6 Å². The average Bonchev–Trinajstić information content (AvgIpc) is 2.18. The maximum Gasteiger partial charge on any atom is 0.314 e. The summed E-state index contributed by atoms with van der Waals surface area (Å²) in [6, 6.07) is 9.12. The van der Waals surface area contributed by atoms with Crippen LogP contribution in [0.4, 0.5) is 0 Å². The molecule has 1 aromatic carbocycles. The number of nitriles is 1. The van der Waals surface area contributed by atoms with E-state index in [9.17, 15) is 4.79 Å². The number of aliphatic carboxylic acids is 1. The summed E-state index contributed by atoms with van der Waals surface area (Å²) < 4.78 is 1.04. The summed E-state index contributed by atoms with van der Waals surface area (Å²) >= 11 is 2.15. The highest BCUT2D eigenvalue weighted by Gasteiger charge is 2.34. The molecular weight excluding hydrogens is 305 g/mol. The fraction of sp³-hybridized carbons (Fsp3) is 0.273. The molecule has 0 aromatic heterocycles. The van der Waals surface area contributed by atoms with Gasteiger partial charge in [-0.15, -0.1) is 0 Å². The Morgan fingerprint density at radius 2 is 2.07 bits per heavy atom. The lowest BCUT2D eigenvalue weighted by Gasteiger charge is -2.22. The molecule has 1 N–H and O–H groups in total. The molecule has 78 valence electrons. The fourth-order valence-corrected chi connectivity index (χ4v) is 1.64. The Kier molecular flexibility index (Phi) is 3.69. The van der Waals surface area contributed by atoms with E-state index in [1.807, 2.05) is 18.2 Å². The number of halogens is 1. The largest absolute Gasteiger partial charge is 0.481 e. The van der Waals surface area contributed by atoms with Crippen molar-refractivity contribution in [2.45, 2.75) is 18.8 Å². The van der Waals surface area contributed by atoms with E-state index in [-0.39, 0.29) is 6.42 Å². The second-order valence-electron chi connectivity index (χ2n) is 3.48. The molecule has 0 saturated carbocycles. The van der Waals surface area contributed by atoms with Crippen molar-refractivity contribution in [3.8, 4) is 6.07 Å². The zero-order chi connectivity index (χ0) is 11.5. The molecule has 0 aliphatic rings. The highest BCUT2D eigenvalue weighted by atomic mass is 127. The van der Waals surface area contributed by atoms with Crippen molar-refractivity contribution in [2.75, 3.05) is 0 Å². The summed E-state index contributed by atoms with van der Waals surface area (Å²) in [6.07, 6.45) is -0.0249. The highest BCUT2D eigenvalue weighted by molar-refractivity contribution is 14.1. The first-order valence-electron chi connectivity index (χ1n) is 4.37. The van der Waals surface area contributed by atoms with Crippen molar-refractivity contribution in [1.29, 1.82) is 5.26 Å². The van der Waals surface area contributed by atoms with Crippen molar-refractivity contribution >= 4 is 28.6 Å². The quantitative estimate of drug-likeness (QED) is 0.872. The van der Waals surface area contributed by atoms with E-state index < -0.39 is 11.4 Å². The third kappa shape index (κ3) is 2.48. The van der Waals surface area contributed by atoms with E-state index in [0.717, 1.165) is 3.57 Å². The van der Waals surface area contributed by atoms with Gasteiger partial charge in [-0.2, -0.15) is 5.26 Å². The molecule has 0 aliphatic heterocycles. The number of carbonyl (C=O) groups is 1. The third-order valence-corrected chi connectivity index (χ3v) is 3.11. The van der Waals surface area contributed by atoms with E-state index >= 15 is 0 Å². The summed E-state index contributed by atoms with van der Waals surface area (Å²) in [5, 5.41) is 17.8. The van der Waals surface area contributed by atoms with Crippen LogP contribution in [0.2, 0.25) is 0 Å². The first kappa shape index (κ1) is 12.0. The number of carboxylic acid groups (broad SMARTS) is 1. The van der Waals surface area contributed by atoms with Crippen molar-refractivity contribution in [3.05, 3.63) is 33.4 Å². The van der Waals surface area contributed by atoms with Crippen molar-refractivity contribution < 1.29 is 9.90 Å². The summed E-state index contributed by atoms with van der Waals surface area (Å²) in [6.45, 7) is 1.57. The fourth-order valence-electron chi connectivity index (χ4n) is 1.28. The van der Waals surface area contributed by atoms with E-state index in [0.29, 0.717) is 5.56 Å². The lowest BCUT2D eigenvalue weighted by molar-refractivity contribution is -0.143. The standard InChI is InChI=1S/C11H10INO2/c1-11(6-7-13,10(14)15)8-2-4-9(12)5-3-8/h2-5H,6H2,1H3,(H,14,15). The molecule has 0 bridgehead atoms. The van der Waals surface area contributed by atoms with Gasteiger partial charge in [0.15, 0.2) is 0 Å². The van der Waals surface area contributed by atoms with Gasteiger partial charge in [0.25, 0.3) is 0 Å². The molecule has 0 heterocycles. The van der Waals surface area contributed by atoms with Crippen LogP contribution < -0.4 is 0 Å². The molecule has 0 radical (unpaired) electrons. The first-order valence-corrected chi connectivity index (χ1v) is 5.45. The lowest BCUT2D eigenvalue weighted by atomic mass is 9.80. The van der Waals surface area contributed by atoms with Crippen molar-refractivity contribution in [2.24, 2.45) is 0 Å². The minimum atomic E-state index is -1.11. The SMILES string of the molecule is CC(CC#N)(C(=O)O)c1ccc(I)cc1. The molecule has 0 aliphatic carbocycles. The molecule has 1 rings (SSSR count). The normalized spacial score (nSPS) is 13.9. The summed E-state index contributed by atoms with van der Waals surface area (Å²) in [4.78, 5) is 11.1. The number of carboxylic acids is 1. The average molecular weight is 315 g/mol. The van der Waals surface area contributed by atoms with Crippen molar-refractivity contribution in [1.82, 2.24) is 0 Å². The molecule has 15 heavy (non-hydrogen) atoms. The monoisotopic (exact) mass is 315 g/mol. The Morgan fingerprint density at radius 1 is 1.53 bits per heavy atom. The van der Waals surface area contributed by atoms with Gasteiger partial charge in [0, 0.05) is 3.57 Å². The number of nitrogens with zero attached hydrogens (tertiary/aromatic N) is 1. The van der Waals surface area contributed by atoms with Crippen molar-refractivity contribution in [3.63, 3.8) is 0 Å². The molecular formula is C11H10INO2. The number of hydrogen-bond acceptors (Lipinski definition) is 2. The van der Waals surface area contributed by atoms with Gasteiger partial charge in [-0.3, -0.25) is 4.79 Å². The minimum absolute atomic E-state index is 0.0249. The number of rotatable bonds is 3. The molecule has 0 amide bonds. The smallest absolute Gasteiger partial charge is 0.314 e. The Hall–Kier alpha value is -1.09. The summed E-state index contributed by atoms with van der Waals surface area (Å²) in [5.41, 5.74) is -0.448. The Morgan fingerprint density at radius 3 is 2.47 bits per heavy atom. The lowest BCUT2D eigenvalue weighted by Crippen LogP contribution is -2.31. The highest BCUT2D eigenvalue weighted by Crippen LogP contribution is 2.28. The van der Waals surface area contributed by atoms with Gasteiger partial charge in [-0.1, -0.05) is 12.1 Å². The Bertz CT molecular complexity index is 408. The first-order chi connectivity index (χ1) is 7.00. The second kappa shape index (κ2) is 4.62. The van der Waals surface area contributed by atoms with Crippen LogP contribution >= 0.6 is 22.6 Å². The maximum atomic E-state index is 11.1. The molecule has 0 spiro atoms. The number of hydrogen-bond donors (Lipinski definition) is 1. The van der Waals surface area contributed by atoms with E-state index in [1.54, 1.807) is 19.1 Å². The van der Waals surface area contributed by atoms with E-state index in [1.165, 1.54) is 0 Å². The predicted octanol–water partition coefficient (Wildman–Crippen LogP) is 2.55. The maximum absolute atomic E-state index is 11.1. The van der Waals surface area contributed by atoms with Gasteiger partial charge >= 0.3 is 5.97 Å². The van der Waals surface area contributed by atoms with Gasteiger partial charge in [-0.25, -0.2) is 0 Å². The molecule has 1 unspecified atom stereocenters. The van der Waals surface area contributed by atoms with Crippen LogP contribution in [0, 0.1) is 14.9 Å². The summed E-state index contributed by atoms with van der Waals surface area (Å²) in [5.74, 6) is -0.967. The molecule has 0 fully saturated rings. The molecule has 4 heteroatoms. The van der Waals surface area contributed by atoms with Gasteiger partial charge in [0.2, 0.25) is 0 Å². The van der Waals surface area contributed by atoms with Crippen LogP contribution in [0.5, 0.6) is 0 Å². The second-order valence-corrected chi connectivity index (χ2v) is 4.72. The Balaban J connectivity index is 3.16. The summed E-state index contributed by atoms with van der Waals surface area (Å²) in [7, 11) is 0. The van der Waals surface area contributed by atoms with Crippen LogP contribution in [-0.2, 0) is 10.2 Å². The molecule has 0 saturated heterocycles. The van der Waals surface area contributed by atoms with Crippen LogP contribution in [0.3, 0.4) is 0 Å². The number of benzene rings is 1. The third-order valence-electron chi connectivity index (χ3n) is 2.39. The van der Waals surface area contributed by atoms with Gasteiger partial charge in [0.05, 0.1) is 12.5 Å². The van der Waals surface area contributed by atoms with E-state index in [4.69, 9.17) is 10.4 Å². The van der Waals surface area contributed by atoms with Gasteiger partial charge in [0.1, 0.15) is 5.41 Å². The van der Waals surface area contributed by atoms with Gasteiger partial charge < -0.3 is 5.11 Å². The topological polar surface area (TPSA) is 61.1 Å². The molecule has 3 nitrogen and oxygen atoms in total. The van der Waals surface area contributed by atoms with Crippen LogP contribution in [0.1, 0.15) is 18.9 Å². The molecule has 1 aromatic rings. The zero-order valence-corrected chi connectivity index (χ0v) is 10.4. The Labute approximate surface area is 102 Å².